The van der Waals surface area contributed by atoms with Gasteiger partial charge in [-0.05, 0) is 50.0 Å². The third-order valence-electron chi connectivity index (χ3n) is 4.08. The number of nitrogens with one attached hydrogen (secondary N) is 1. The Hall–Kier alpha value is -1.25. The van der Waals surface area contributed by atoms with Gasteiger partial charge in [-0.25, -0.2) is 0 Å². The van der Waals surface area contributed by atoms with Crippen molar-refractivity contribution in [2.24, 2.45) is 0 Å². The van der Waals surface area contributed by atoms with Crippen molar-refractivity contribution >= 4 is 11.6 Å². The van der Waals surface area contributed by atoms with Gasteiger partial charge in [0.25, 0.3) is 0 Å². The average molecular weight is 306 g/mol. The van der Waals surface area contributed by atoms with E-state index >= 15 is 0 Å². The van der Waals surface area contributed by atoms with Crippen molar-refractivity contribution in [2.75, 3.05) is 13.2 Å². The van der Waals surface area contributed by atoms with Gasteiger partial charge in [0.05, 0.1) is 6.61 Å². The summed E-state index contributed by atoms with van der Waals surface area (Å²) in [6.07, 6.45) is 1.04. The lowest BCUT2D eigenvalue weighted by Crippen LogP contribution is -2.26. The Morgan fingerprint density at radius 2 is 1.86 bits per heavy atom. The van der Waals surface area contributed by atoms with Crippen LogP contribution in [0.3, 0.4) is 0 Å². The monoisotopic (exact) mass is 305 g/mol. The van der Waals surface area contributed by atoms with E-state index in [1.165, 1.54) is 22.4 Å². The van der Waals surface area contributed by atoms with Crippen molar-refractivity contribution in [2.45, 2.75) is 40.0 Å². The van der Waals surface area contributed by atoms with Gasteiger partial charge in [-0.3, -0.25) is 0 Å². The van der Waals surface area contributed by atoms with Gasteiger partial charge in [-0.2, -0.15) is 0 Å². The van der Waals surface area contributed by atoms with Crippen LogP contribution < -0.4 is 5.32 Å². The molecule has 0 spiro atoms. The maximum Gasteiger partial charge on any atom is 0.0865 e. The lowest BCUT2D eigenvalue weighted by molar-refractivity contribution is 0.152. The fourth-order valence-corrected chi connectivity index (χ4v) is 3.03. The predicted octanol–water partition coefficient (Wildman–Crippen LogP) is 5.02. The zero-order chi connectivity index (χ0) is 15.4. The second-order valence-corrected chi connectivity index (χ2v) is 6.01. The molecule has 0 amide bonds. The largest absolute Gasteiger partial charge is 0.375 e. The Morgan fingerprint density at radius 3 is 2.52 bits per heavy atom. The average Bonchev–Trinajstić information content (AvgIpc) is 2.47. The third kappa shape index (κ3) is 3.50. The van der Waals surface area contributed by atoms with Crippen LogP contribution in [0.15, 0.2) is 46.8 Å². The molecule has 1 aromatic carbocycles. The topological polar surface area (TPSA) is 21.3 Å². The molecule has 0 saturated carbocycles. The van der Waals surface area contributed by atoms with Crippen LogP contribution in [-0.2, 0) is 4.74 Å². The number of hydrogen-bond acceptors (Lipinski definition) is 2. The minimum absolute atomic E-state index is 0.236. The molecule has 1 N–H and O–H groups in total. The first-order valence-corrected chi connectivity index (χ1v) is 7.90. The van der Waals surface area contributed by atoms with E-state index in [0.717, 1.165) is 23.7 Å². The summed E-state index contributed by atoms with van der Waals surface area (Å²) in [4.78, 5) is 0. The van der Waals surface area contributed by atoms with Gasteiger partial charge in [0.1, 0.15) is 0 Å². The second kappa shape index (κ2) is 7.15. The van der Waals surface area contributed by atoms with Crippen LogP contribution in [0.4, 0.5) is 0 Å². The van der Waals surface area contributed by atoms with Crippen LogP contribution >= 0.6 is 11.6 Å². The van der Waals surface area contributed by atoms with Gasteiger partial charge in [-0.15, -0.1) is 0 Å². The number of hydrogen-bond donors (Lipinski definition) is 1. The molecule has 1 heterocycles. The molecule has 0 aromatic heterocycles. The summed E-state index contributed by atoms with van der Waals surface area (Å²) >= 11 is 6.41. The SMILES string of the molecule is CCCOCC1=C(C)[C@H](c2ccccc2Cl)C(C)=C(C)N1. The van der Waals surface area contributed by atoms with Crippen LogP contribution in [0.1, 0.15) is 45.6 Å². The lowest BCUT2D eigenvalue weighted by Gasteiger charge is -2.31. The summed E-state index contributed by atoms with van der Waals surface area (Å²) < 4.78 is 5.71. The summed E-state index contributed by atoms with van der Waals surface area (Å²) in [7, 11) is 0. The number of allylic oxidation sites excluding steroid dienone is 3. The Morgan fingerprint density at radius 1 is 1.14 bits per heavy atom. The van der Waals surface area contributed by atoms with E-state index in [1.807, 2.05) is 18.2 Å². The third-order valence-corrected chi connectivity index (χ3v) is 4.43. The Balaban J connectivity index is 2.36. The molecule has 21 heavy (non-hydrogen) atoms. The van der Waals surface area contributed by atoms with Gasteiger partial charge in [0, 0.05) is 28.9 Å². The first kappa shape index (κ1) is 16.1. The molecule has 1 atom stereocenters. The van der Waals surface area contributed by atoms with Gasteiger partial charge in [-0.1, -0.05) is 36.7 Å². The van der Waals surface area contributed by atoms with E-state index in [1.54, 1.807) is 0 Å². The van der Waals surface area contributed by atoms with Crippen molar-refractivity contribution in [3.63, 3.8) is 0 Å². The first-order valence-electron chi connectivity index (χ1n) is 7.52. The minimum atomic E-state index is 0.236. The highest BCUT2D eigenvalue weighted by Gasteiger charge is 2.26. The number of benzene rings is 1. The summed E-state index contributed by atoms with van der Waals surface area (Å²) in [6, 6.07) is 8.10. The maximum atomic E-state index is 6.41. The minimum Gasteiger partial charge on any atom is -0.375 e. The molecule has 3 heteroatoms. The molecule has 1 aliphatic rings. The fourth-order valence-electron chi connectivity index (χ4n) is 2.78. The quantitative estimate of drug-likeness (QED) is 0.771. The summed E-state index contributed by atoms with van der Waals surface area (Å²) in [5, 5.41) is 4.31. The van der Waals surface area contributed by atoms with Crippen molar-refractivity contribution in [1.29, 1.82) is 0 Å². The van der Waals surface area contributed by atoms with E-state index in [9.17, 15) is 0 Å². The second-order valence-electron chi connectivity index (χ2n) is 5.60. The van der Waals surface area contributed by atoms with Crippen LogP contribution in [-0.4, -0.2) is 13.2 Å². The smallest absolute Gasteiger partial charge is 0.0865 e. The molecular formula is C18H24ClNO. The Labute approximate surface area is 132 Å². The molecule has 0 fully saturated rings. The summed E-state index contributed by atoms with van der Waals surface area (Å²) in [6.45, 7) is 10.00. The van der Waals surface area contributed by atoms with Gasteiger partial charge >= 0.3 is 0 Å². The van der Waals surface area contributed by atoms with E-state index in [4.69, 9.17) is 16.3 Å². The van der Waals surface area contributed by atoms with Crippen molar-refractivity contribution in [3.8, 4) is 0 Å². The highest BCUT2D eigenvalue weighted by atomic mass is 35.5. The predicted molar refractivity (Wildman–Crippen MR) is 89.5 cm³/mol. The first-order chi connectivity index (χ1) is 10.1. The number of ether oxygens (including phenoxy) is 1. The van der Waals surface area contributed by atoms with E-state index in [-0.39, 0.29) is 5.92 Å². The van der Waals surface area contributed by atoms with Crippen molar-refractivity contribution in [3.05, 3.63) is 57.4 Å². The zero-order valence-corrected chi connectivity index (χ0v) is 14.1. The van der Waals surface area contributed by atoms with Crippen LogP contribution in [0.25, 0.3) is 0 Å². The lowest BCUT2D eigenvalue weighted by atomic mass is 9.82. The highest BCUT2D eigenvalue weighted by molar-refractivity contribution is 6.31. The normalized spacial score (nSPS) is 19.0. The van der Waals surface area contributed by atoms with Crippen LogP contribution in [0.5, 0.6) is 0 Å². The van der Waals surface area contributed by atoms with Gasteiger partial charge in [0.15, 0.2) is 0 Å². The molecule has 2 nitrogen and oxygen atoms in total. The number of rotatable bonds is 5. The summed E-state index contributed by atoms with van der Waals surface area (Å²) in [5.41, 5.74) is 6.14. The molecule has 1 aromatic rings. The molecule has 114 valence electrons. The molecule has 0 aliphatic carbocycles. The van der Waals surface area contributed by atoms with Gasteiger partial charge in [0.2, 0.25) is 0 Å². The van der Waals surface area contributed by atoms with E-state index in [2.05, 4.69) is 39.1 Å². The van der Waals surface area contributed by atoms with E-state index in [0.29, 0.717) is 6.61 Å². The van der Waals surface area contributed by atoms with Crippen molar-refractivity contribution in [1.82, 2.24) is 5.32 Å². The zero-order valence-electron chi connectivity index (χ0n) is 13.3. The molecule has 0 bridgehead atoms. The van der Waals surface area contributed by atoms with Gasteiger partial charge < -0.3 is 10.1 Å². The molecule has 0 radical (unpaired) electrons. The molecule has 0 saturated heterocycles. The standard InChI is InChI=1S/C18H24ClNO/c1-5-10-21-11-17-13(3)18(12(2)14(4)20-17)15-8-6-7-9-16(15)19/h6-9,18,20H,5,10-11H2,1-4H3/t18-/m1/s1. The summed E-state index contributed by atoms with van der Waals surface area (Å²) in [5.74, 6) is 0.236. The molecular weight excluding hydrogens is 282 g/mol. The molecule has 2 rings (SSSR count). The molecule has 0 unspecified atom stereocenters. The Bertz CT molecular complexity index is 574. The fraction of sp³-hybridized carbons (Fsp3) is 0.444. The van der Waals surface area contributed by atoms with E-state index < -0.39 is 0 Å². The van der Waals surface area contributed by atoms with Crippen LogP contribution in [0, 0.1) is 0 Å². The van der Waals surface area contributed by atoms with Crippen molar-refractivity contribution < 1.29 is 4.74 Å². The number of dihydropyridines is 1. The number of halogens is 1. The maximum absolute atomic E-state index is 6.41. The Kier molecular flexibility index (Phi) is 5.49. The molecule has 1 aliphatic heterocycles. The highest BCUT2D eigenvalue weighted by Crippen LogP contribution is 2.40. The van der Waals surface area contributed by atoms with Crippen LogP contribution in [0.2, 0.25) is 5.02 Å².